The molecule has 0 radical (unpaired) electrons. The molecule has 2 aromatic rings. The monoisotopic (exact) mass is 736 g/mol. The number of benzene rings is 2. The van der Waals surface area contributed by atoms with Crippen LogP contribution < -0.4 is 19.7 Å². The molecule has 2 saturated carbocycles. The van der Waals surface area contributed by atoms with E-state index in [1.54, 1.807) is 13.2 Å². The number of methoxy groups -OCH3 is 1. The first-order valence-corrected chi connectivity index (χ1v) is 20.6. The Morgan fingerprint density at radius 3 is 2.82 bits per heavy atom. The molecule has 3 amide bonds. The number of fused-ring (bicyclic) bond motifs is 4. The van der Waals surface area contributed by atoms with Crippen molar-refractivity contribution in [1.82, 2.24) is 10.0 Å². The van der Waals surface area contributed by atoms with Crippen LogP contribution in [0.25, 0.3) is 0 Å². The summed E-state index contributed by atoms with van der Waals surface area (Å²) in [6, 6.07) is 11.0. The zero-order valence-electron chi connectivity index (χ0n) is 29.5. The maximum atomic E-state index is 14.5. The highest BCUT2D eigenvalue weighted by Crippen LogP contribution is 2.52. The molecule has 3 aliphatic heterocycles. The van der Waals surface area contributed by atoms with Crippen LogP contribution >= 0.6 is 11.6 Å². The summed E-state index contributed by atoms with van der Waals surface area (Å²) in [6.07, 6.45) is 11.7. The van der Waals surface area contributed by atoms with E-state index in [-0.39, 0.29) is 34.6 Å². The number of carbonyl (C=O) groups excluding carboxylic acids is 2. The summed E-state index contributed by atoms with van der Waals surface area (Å²) in [5.74, 6) is 0.747. The fourth-order valence-corrected chi connectivity index (χ4v) is 11.3. The highest BCUT2D eigenvalue weighted by atomic mass is 35.5. The van der Waals surface area contributed by atoms with Gasteiger partial charge >= 0.3 is 6.03 Å². The van der Waals surface area contributed by atoms with Gasteiger partial charge in [-0.1, -0.05) is 36.7 Å². The molecular formula is C39H49ClN4O6S. The molecule has 2 N–H and O–H groups in total. The standard InChI is InChI=1S/C39H49ClN4O6S/c1-25-5-3-7-33(48-2)30-11-8-28(30)20-44-22-39(14-4-6-26-17-29(40)10-12-31(26)39)24-50-34-13-9-27(18-32(34)44)36(45)42-51(47,21-25)43-37(46)41-35-19-38(35)15-16-49-23-38/h3,7,9-10,12-13,17-18,25,28,30,33,35H,4-6,8,11,14-16,19-24H2,1-2H3,(H2,41,42,43,45,46,47)/b7-3+/t25-,28-,30+,33-,35+,38?,39-,51-/m0/s1. The van der Waals surface area contributed by atoms with Crippen molar-refractivity contribution >= 4 is 39.1 Å². The summed E-state index contributed by atoms with van der Waals surface area (Å²) in [5.41, 5.74) is 3.41. The first-order chi connectivity index (χ1) is 24.6. The predicted octanol–water partition coefficient (Wildman–Crippen LogP) is 6.45. The Labute approximate surface area is 306 Å². The zero-order chi connectivity index (χ0) is 35.4. The van der Waals surface area contributed by atoms with E-state index in [1.165, 1.54) is 11.1 Å². The van der Waals surface area contributed by atoms with Crippen LogP contribution in [0, 0.1) is 23.2 Å². The smallest absolute Gasteiger partial charge is 0.327 e. The summed E-state index contributed by atoms with van der Waals surface area (Å²) in [7, 11) is -1.71. The van der Waals surface area contributed by atoms with Gasteiger partial charge in [0.1, 0.15) is 15.7 Å². The molecule has 1 saturated heterocycles. The van der Waals surface area contributed by atoms with Gasteiger partial charge in [-0.05, 0) is 111 Å². The van der Waals surface area contributed by atoms with Crippen molar-refractivity contribution in [2.24, 2.45) is 27.5 Å². The van der Waals surface area contributed by atoms with Crippen LogP contribution in [-0.4, -0.2) is 74.1 Å². The molecule has 2 aromatic carbocycles. The summed E-state index contributed by atoms with van der Waals surface area (Å²) < 4.78 is 39.7. The summed E-state index contributed by atoms with van der Waals surface area (Å²) in [4.78, 5) is 29.7. The number of amides is 3. The number of hydrogen-bond donors (Lipinski definition) is 2. The van der Waals surface area contributed by atoms with E-state index in [9.17, 15) is 13.8 Å². The average molecular weight is 737 g/mol. The third-order valence-electron chi connectivity index (χ3n) is 12.4. The largest absolute Gasteiger partial charge is 0.490 e. The molecule has 51 heavy (non-hydrogen) atoms. The van der Waals surface area contributed by atoms with Gasteiger partial charge in [0.2, 0.25) is 0 Å². The summed E-state index contributed by atoms with van der Waals surface area (Å²) in [5, 5.41) is 3.72. The van der Waals surface area contributed by atoms with E-state index >= 15 is 0 Å². The van der Waals surface area contributed by atoms with Gasteiger partial charge in [0.05, 0.1) is 30.8 Å². The van der Waals surface area contributed by atoms with E-state index < -0.39 is 21.9 Å². The number of rotatable bonds is 3. The lowest BCUT2D eigenvalue weighted by Gasteiger charge is -2.46. The number of allylic oxidation sites excluding steroid dienone is 1. The minimum Gasteiger partial charge on any atom is -0.490 e. The number of nitrogens with zero attached hydrogens (tertiary/aromatic N) is 2. The fraction of sp³-hybridized carbons (Fsp3) is 0.590. The number of halogens is 1. The molecule has 3 aliphatic carbocycles. The van der Waals surface area contributed by atoms with Crippen LogP contribution in [0.2, 0.25) is 5.02 Å². The number of hydrogen-bond acceptors (Lipinski definition) is 7. The summed E-state index contributed by atoms with van der Waals surface area (Å²) in [6.45, 7) is 5.30. The molecule has 274 valence electrons. The fourth-order valence-electron chi connectivity index (χ4n) is 9.31. The second kappa shape index (κ2) is 13.7. The molecule has 3 heterocycles. The van der Waals surface area contributed by atoms with Crippen molar-refractivity contribution in [2.75, 3.05) is 50.7 Å². The number of anilines is 1. The van der Waals surface area contributed by atoms with Crippen LogP contribution in [0.4, 0.5) is 10.5 Å². The van der Waals surface area contributed by atoms with Crippen LogP contribution in [0.5, 0.6) is 5.75 Å². The van der Waals surface area contributed by atoms with Gasteiger partial charge in [-0.3, -0.25) is 9.52 Å². The normalized spacial score (nSPS) is 36.5. The number of ether oxygens (including phenoxy) is 3. The Morgan fingerprint density at radius 1 is 1.16 bits per heavy atom. The van der Waals surface area contributed by atoms with E-state index in [0.717, 1.165) is 68.7 Å². The average Bonchev–Trinajstić information content (AvgIpc) is 3.56. The molecule has 8 atom stereocenters. The van der Waals surface area contributed by atoms with Crippen LogP contribution in [0.1, 0.15) is 73.4 Å². The molecule has 10 nitrogen and oxygen atoms in total. The number of nitrogens with one attached hydrogen (secondary N) is 2. The lowest BCUT2D eigenvalue weighted by molar-refractivity contribution is 0.0131. The minimum absolute atomic E-state index is 0.0330. The number of urea groups is 1. The third-order valence-corrected chi connectivity index (χ3v) is 14.6. The predicted molar refractivity (Wildman–Crippen MR) is 198 cm³/mol. The van der Waals surface area contributed by atoms with Crippen LogP contribution in [-0.2, 0) is 31.2 Å². The maximum absolute atomic E-state index is 14.5. The van der Waals surface area contributed by atoms with Gasteiger partial charge in [0, 0.05) is 54.3 Å². The Kier molecular flexibility index (Phi) is 9.38. The topological polar surface area (TPSA) is 119 Å². The van der Waals surface area contributed by atoms with E-state index in [0.29, 0.717) is 49.4 Å². The number of aryl methyl sites for hydroxylation is 1. The van der Waals surface area contributed by atoms with Crippen molar-refractivity contribution in [3.8, 4) is 5.75 Å². The van der Waals surface area contributed by atoms with Crippen molar-refractivity contribution in [3.63, 3.8) is 0 Å². The molecule has 12 heteroatoms. The quantitative estimate of drug-likeness (QED) is 0.348. The lowest BCUT2D eigenvalue weighted by atomic mass is 9.68. The SMILES string of the molecule is CO[C@H]1/C=C/C[C@H](C)C[S@@](=O)(NC(=O)N[C@@H]2CC23CCOC3)=NC(=O)c2ccc3c(c2)N(C[C@@H]2CC[C@H]21)C[C@@]1(CCCc2cc(Cl)ccc21)CO3. The van der Waals surface area contributed by atoms with Gasteiger partial charge in [-0.15, -0.1) is 4.36 Å². The second-order valence-corrected chi connectivity index (χ2v) is 18.4. The lowest BCUT2D eigenvalue weighted by Crippen LogP contribution is -2.49. The molecule has 0 aromatic heterocycles. The van der Waals surface area contributed by atoms with Crippen LogP contribution in [0.3, 0.4) is 0 Å². The molecule has 1 unspecified atom stereocenters. The van der Waals surface area contributed by atoms with Gasteiger partial charge in [-0.25, -0.2) is 9.00 Å². The molecule has 6 aliphatic rings. The zero-order valence-corrected chi connectivity index (χ0v) is 31.1. The number of carbonyl (C=O) groups is 2. The minimum atomic E-state index is -3.48. The Bertz CT molecular complexity index is 1850. The van der Waals surface area contributed by atoms with Crippen molar-refractivity contribution < 1.29 is 28.0 Å². The van der Waals surface area contributed by atoms with E-state index in [2.05, 4.69) is 43.6 Å². The van der Waals surface area contributed by atoms with Gasteiger partial charge in [-0.2, -0.15) is 0 Å². The van der Waals surface area contributed by atoms with Crippen LogP contribution in [0.15, 0.2) is 52.9 Å². The van der Waals surface area contributed by atoms with Gasteiger partial charge in [0.15, 0.2) is 0 Å². The molecule has 3 fully saturated rings. The van der Waals surface area contributed by atoms with Crippen molar-refractivity contribution in [3.05, 3.63) is 70.3 Å². The Morgan fingerprint density at radius 2 is 2.04 bits per heavy atom. The first-order valence-electron chi connectivity index (χ1n) is 18.5. The van der Waals surface area contributed by atoms with Gasteiger partial charge < -0.3 is 24.4 Å². The van der Waals surface area contributed by atoms with E-state index in [1.807, 2.05) is 25.1 Å². The molecule has 2 spiro atoms. The highest BCUT2D eigenvalue weighted by Gasteiger charge is 2.57. The third kappa shape index (κ3) is 6.91. The van der Waals surface area contributed by atoms with Crippen molar-refractivity contribution in [1.29, 1.82) is 0 Å². The highest BCUT2D eigenvalue weighted by molar-refractivity contribution is 7.92. The molecular weight excluding hydrogens is 688 g/mol. The molecule has 8 rings (SSSR count). The Hall–Kier alpha value is -3.12. The summed E-state index contributed by atoms with van der Waals surface area (Å²) >= 11 is 6.46. The van der Waals surface area contributed by atoms with E-state index in [4.69, 9.17) is 25.8 Å². The second-order valence-electron chi connectivity index (χ2n) is 16.0. The van der Waals surface area contributed by atoms with Crippen molar-refractivity contribution in [2.45, 2.75) is 75.9 Å². The maximum Gasteiger partial charge on any atom is 0.327 e. The molecule has 2 bridgehead atoms. The first kappa shape index (κ1) is 34.9. The van der Waals surface area contributed by atoms with Gasteiger partial charge in [0.25, 0.3) is 5.91 Å². The Balaban J connectivity index is 1.15.